The molecule has 1 saturated heterocycles. The molecule has 1 fully saturated rings. The maximum Gasteiger partial charge on any atom is 0.323 e. The zero-order valence-corrected chi connectivity index (χ0v) is 13.3. The SMILES string of the molecule is CSc1cccc(N2CC(C(=O)N(C)CC(=O)O)CC2=O)c1. The Labute approximate surface area is 133 Å². The predicted octanol–water partition coefficient (Wildman–Crippen LogP) is 1.30. The number of hydrogen-bond donors (Lipinski definition) is 1. The van der Waals surface area contributed by atoms with E-state index in [4.69, 9.17) is 5.11 Å². The second-order valence-corrected chi connectivity index (χ2v) is 6.07. The van der Waals surface area contributed by atoms with Gasteiger partial charge in [0.2, 0.25) is 11.8 Å². The van der Waals surface area contributed by atoms with Crippen LogP contribution in [0.3, 0.4) is 0 Å². The molecule has 22 heavy (non-hydrogen) atoms. The molecule has 7 heteroatoms. The fraction of sp³-hybridized carbons (Fsp3) is 0.400. The van der Waals surface area contributed by atoms with Crippen LogP contribution in [0.4, 0.5) is 5.69 Å². The zero-order chi connectivity index (χ0) is 16.3. The molecule has 0 bridgehead atoms. The van der Waals surface area contributed by atoms with Gasteiger partial charge in [-0.15, -0.1) is 11.8 Å². The summed E-state index contributed by atoms with van der Waals surface area (Å²) in [6.07, 6.45) is 2.07. The molecule has 1 N–H and O–H groups in total. The smallest absolute Gasteiger partial charge is 0.323 e. The Bertz CT molecular complexity index is 605. The number of hydrogen-bond acceptors (Lipinski definition) is 4. The van der Waals surface area contributed by atoms with Gasteiger partial charge in [-0.2, -0.15) is 0 Å². The molecular weight excluding hydrogens is 304 g/mol. The van der Waals surface area contributed by atoms with Crippen LogP contribution in [0.5, 0.6) is 0 Å². The number of likely N-dealkylation sites (N-methyl/N-ethyl adjacent to an activating group) is 1. The maximum absolute atomic E-state index is 12.2. The fourth-order valence-corrected chi connectivity index (χ4v) is 2.95. The van der Waals surface area contributed by atoms with E-state index in [0.29, 0.717) is 6.54 Å². The Balaban J connectivity index is 2.10. The van der Waals surface area contributed by atoms with E-state index in [-0.39, 0.29) is 24.8 Å². The van der Waals surface area contributed by atoms with Gasteiger partial charge in [-0.1, -0.05) is 6.07 Å². The molecule has 1 unspecified atom stereocenters. The number of aliphatic carboxylic acids is 1. The lowest BCUT2D eigenvalue weighted by Gasteiger charge is -2.20. The lowest BCUT2D eigenvalue weighted by molar-refractivity contribution is -0.145. The van der Waals surface area contributed by atoms with E-state index in [1.165, 1.54) is 7.05 Å². The van der Waals surface area contributed by atoms with Crippen molar-refractivity contribution < 1.29 is 19.5 Å². The standard InChI is InChI=1S/C15H18N2O4S/c1-16(9-14(19)20)15(21)10-6-13(18)17(8-10)11-4-3-5-12(7-11)22-2/h3-5,7,10H,6,8-9H2,1-2H3,(H,19,20). The van der Waals surface area contributed by atoms with Crippen molar-refractivity contribution in [2.45, 2.75) is 11.3 Å². The normalized spacial score (nSPS) is 17.6. The highest BCUT2D eigenvalue weighted by atomic mass is 32.2. The van der Waals surface area contributed by atoms with E-state index < -0.39 is 11.9 Å². The van der Waals surface area contributed by atoms with Crippen molar-refractivity contribution in [3.63, 3.8) is 0 Å². The first kappa shape index (κ1) is 16.4. The second-order valence-electron chi connectivity index (χ2n) is 5.19. The van der Waals surface area contributed by atoms with Crippen LogP contribution in [-0.2, 0) is 14.4 Å². The Kier molecular flexibility index (Phi) is 5.07. The van der Waals surface area contributed by atoms with Gasteiger partial charge in [0.25, 0.3) is 0 Å². The van der Waals surface area contributed by atoms with Gasteiger partial charge in [0.1, 0.15) is 6.54 Å². The molecule has 1 aliphatic rings. The van der Waals surface area contributed by atoms with E-state index in [1.54, 1.807) is 16.7 Å². The summed E-state index contributed by atoms with van der Waals surface area (Å²) in [5.41, 5.74) is 0.771. The van der Waals surface area contributed by atoms with Crippen molar-refractivity contribution in [2.75, 3.05) is 31.3 Å². The van der Waals surface area contributed by atoms with Crippen LogP contribution in [0.1, 0.15) is 6.42 Å². The van der Waals surface area contributed by atoms with Gasteiger partial charge in [-0.25, -0.2) is 0 Å². The third kappa shape index (κ3) is 3.59. The zero-order valence-electron chi connectivity index (χ0n) is 12.5. The van der Waals surface area contributed by atoms with Gasteiger partial charge in [-0.3, -0.25) is 14.4 Å². The summed E-state index contributed by atoms with van der Waals surface area (Å²) in [5.74, 6) is -1.97. The number of carboxylic acid groups (broad SMARTS) is 1. The molecule has 118 valence electrons. The molecule has 0 aromatic heterocycles. The van der Waals surface area contributed by atoms with Crippen molar-refractivity contribution in [1.29, 1.82) is 0 Å². The number of thioether (sulfide) groups is 1. The molecule has 2 rings (SSSR count). The van der Waals surface area contributed by atoms with E-state index in [9.17, 15) is 14.4 Å². The molecule has 0 radical (unpaired) electrons. The van der Waals surface area contributed by atoms with Crippen LogP contribution in [0.2, 0.25) is 0 Å². The van der Waals surface area contributed by atoms with Crippen molar-refractivity contribution in [2.24, 2.45) is 5.92 Å². The highest BCUT2D eigenvalue weighted by Crippen LogP contribution is 2.28. The van der Waals surface area contributed by atoms with Gasteiger partial charge in [0.05, 0.1) is 5.92 Å². The fourth-order valence-electron chi connectivity index (χ4n) is 2.49. The van der Waals surface area contributed by atoms with E-state index >= 15 is 0 Å². The minimum atomic E-state index is -1.07. The molecule has 2 amide bonds. The third-order valence-corrected chi connectivity index (χ3v) is 4.31. The highest BCUT2D eigenvalue weighted by molar-refractivity contribution is 7.98. The average Bonchev–Trinajstić information content (AvgIpc) is 2.87. The van der Waals surface area contributed by atoms with Crippen molar-refractivity contribution in [3.8, 4) is 0 Å². The summed E-state index contributed by atoms with van der Waals surface area (Å²) < 4.78 is 0. The summed E-state index contributed by atoms with van der Waals surface area (Å²) in [6, 6.07) is 7.58. The first-order valence-electron chi connectivity index (χ1n) is 6.83. The van der Waals surface area contributed by atoms with Crippen LogP contribution in [0.25, 0.3) is 0 Å². The van der Waals surface area contributed by atoms with Gasteiger partial charge in [0, 0.05) is 30.6 Å². The third-order valence-electron chi connectivity index (χ3n) is 3.59. The first-order valence-corrected chi connectivity index (χ1v) is 8.06. The minimum Gasteiger partial charge on any atom is -0.480 e. The Morgan fingerprint density at radius 3 is 2.82 bits per heavy atom. The van der Waals surface area contributed by atoms with E-state index in [0.717, 1.165) is 15.5 Å². The molecule has 6 nitrogen and oxygen atoms in total. The van der Waals surface area contributed by atoms with E-state index in [2.05, 4.69) is 0 Å². The van der Waals surface area contributed by atoms with Crippen molar-refractivity contribution >= 4 is 35.2 Å². The predicted molar refractivity (Wildman–Crippen MR) is 84.0 cm³/mol. The molecule has 1 aromatic rings. The number of carbonyl (C=O) groups is 3. The molecule has 1 aliphatic heterocycles. The van der Waals surface area contributed by atoms with Gasteiger partial charge in [-0.05, 0) is 24.5 Å². The summed E-state index contributed by atoms with van der Waals surface area (Å²) >= 11 is 1.58. The van der Waals surface area contributed by atoms with Crippen LogP contribution in [0.15, 0.2) is 29.2 Å². The Hall–Kier alpha value is -2.02. The number of rotatable bonds is 5. The molecular formula is C15H18N2O4S. The minimum absolute atomic E-state index is 0.111. The van der Waals surface area contributed by atoms with Crippen LogP contribution in [-0.4, -0.2) is 54.2 Å². The van der Waals surface area contributed by atoms with Crippen LogP contribution >= 0.6 is 11.8 Å². The lowest BCUT2D eigenvalue weighted by Crippen LogP contribution is -2.37. The number of anilines is 1. The highest BCUT2D eigenvalue weighted by Gasteiger charge is 2.36. The monoisotopic (exact) mass is 322 g/mol. The average molecular weight is 322 g/mol. The van der Waals surface area contributed by atoms with Gasteiger partial charge < -0.3 is 14.9 Å². The summed E-state index contributed by atoms with van der Waals surface area (Å²) in [7, 11) is 1.44. The summed E-state index contributed by atoms with van der Waals surface area (Å²) in [4.78, 5) is 38.8. The number of nitrogens with zero attached hydrogens (tertiary/aromatic N) is 2. The molecule has 1 aromatic carbocycles. The summed E-state index contributed by atoms with van der Waals surface area (Å²) in [5, 5.41) is 8.74. The number of amides is 2. The van der Waals surface area contributed by atoms with Crippen molar-refractivity contribution in [3.05, 3.63) is 24.3 Å². The lowest BCUT2D eigenvalue weighted by atomic mass is 10.1. The number of benzene rings is 1. The quantitative estimate of drug-likeness (QED) is 0.827. The Morgan fingerprint density at radius 2 is 2.18 bits per heavy atom. The topological polar surface area (TPSA) is 77.9 Å². The number of carbonyl (C=O) groups excluding carboxylic acids is 2. The van der Waals surface area contributed by atoms with Crippen molar-refractivity contribution in [1.82, 2.24) is 4.90 Å². The first-order chi connectivity index (χ1) is 10.4. The maximum atomic E-state index is 12.2. The molecule has 0 saturated carbocycles. The molecule has 1 atom stereocenters. The Morgan fingerprint density at radius 1 is 1.45 bits per heavy atom. The second kappa shape index (κ2) is 6.83. The molecule has 0 aliphatic carbocycles. The van der Waals surface area contributed by atoms with Gasteiger partial charge >= 0.3 is 5.97 Å². The van der Waals surface area contributed by atoms with Crippen LogP contribution in [0, 0.1) is 5.92 Å². The van der Waals surface area contributed by atoms with E-state index in [1.807, 2.05) is 30.5 Å². The number of carboxylic acids is 1. The van der Waals surface area contributed by atoms with Crippen LogP contribution < -0.4 is 4.90 Å². The molecule has 1 heterocycles. The summed E-state index contributed by atoms with van der Waals surface area (Å²) in [6.45, 7) is -0.0645. The van der Waals surface area contributed by atoms with Gasteiger partial charge in [0.15, 0.2) is 0 Å². The molecule has 0 spiro atoms. The largest absolute Gasteiger partial charge is 0.480 e.